The first kappa shape index (κ1) is 15.3. The molecule has 112 valence electrons. The lowest BCUT2D eigenvalue weighted by molar-refractivity contribution is 0.00763. The van der Waals surface area contributed by atoms with Gasteiger partial charge in [0, 0.05) is 19.1 Å². The molecule has 4 atom stereocenters. The Morgan fingerprint density at radius 1 is 1.21 bits per heavy atom. The van der Waals surface area contributed by atoms with Crippen molar-refractivity contribution in [3.8, 4) is 0 Å². The van der Waals surface area contributed by atoms with E-state index in [4.69, 9.17) is 0 Å². The molecule has 1 aliphatic carbocycles. The summed E-state index contributed by atoms with van der Waals surface area (Å²) in [7, 11) is 4.44. The quantitative estimate of drug-likeness (QED) is 0.828. The molecule has 0 bridgehead atoms. The molecule has 1 saturated heterocycles. The second-order valence-electron chi connectivity index (χ2n) is 6.96. The summed E-state index contributed by atoms with van der Waals surface area (Å²) < 4.78 is 0. The molecule has 0 aromatic rings. The molecule has 0 aromatic carbocycles. The van der Waals surface area contributed by atoms with Gasteiger partial charge < -0.3 is 14.9 Å². The molecule has 1 heterocycles. The predicted octanol–water partition coefficient (Wildman–Crippen LogP) is 2.20. The van der Waals surface area contributed by atoms with E-state index in [1.54, 1.807) is 0 Å². The van der Waals surface area contributed by atoms with Gasteiger partial charge in [0.15, 0.2) is 0 Å². The SMILES string of the molecule is CCCC1CCC(O)C(N(C)CC2CCN(C)C2)C1. The van der Waals surface area contributed by atoms with E-state index in [1.165, 1.54) is 45.2 Å². The minimum Gasteiger partial charge on any atom is -0.391 e. The van der Waals surface area contributed by atoms with Crippen LogP contribution < -0.4 is 0 Å². The molecule has 1 saturated carbocycles. The van der Waals surface area contributed by atoms with E-state index in [0.29, 0.717) is 6.04 Å². The third-order valence-corrected chi connectivity index (χ3v) is 5.19. The van der Waals surface area contributed by atoms with Gasteiger partial charge in [-0.2, -0.15) is 0 Å². The van der Waals surface area contributed by atoms with Crippen LogP contribution in [0.1, 0.15) is 45.4 Å². The van der Waals surface area contributed by atoms with Gasteiger partial charge in [0.2, 0.25) is 0 Å². The molecule has 1 aliphatic heterocycles. The average Bonchev–Trinajstić information content (AvgIpc) is 2.77. The summed E-state index contributed by atoms with van der Waals surface area (Å²) in [4.78, 5) is 4.88. The molecule has 3 nitrogen and oxygen atoms in total. The first-order valence-electron chi connectivity index (χ1n) is 8.17. The van der Waals surface area contributed by atoms with Gasteiger partial charge in [0.1, 0.15) is 0 Å². The minimum absolute atomic E-state index is 0.0998. The normalized spacial score (nSPS) is 37.1. The van der Waals surface area contributed by atoms with Crippen LogP contribution >= 0.6 is 0 Å². The van der Waals surface area contributed by atoms with Crippen molar-refractivity contribution in [1.29, 1.82) is 0 Å². The fraction of sp³-hybridized carbons (Fsp3) is 1.00. The predicted molar refractivity (Wildman–Crippen MR) is 80.3 cm³/mol. The molecule has 1 N–H and O–H groups in total. The van der Waals surface area contributed by atoms with Gasteiger partial charge in [-0.3, -0.25) is 0 Å². The van der Waals surface area contributed by atoms with E-state index in [0.717, 1.165) is 24.8 Å². The Morgan fingerprint density at radius 3 is 2.63 bits per heavy atom. The van der Waals surface area contributed by atoms with Crippen LogP contribution in [-0.4, -0.2) is 60.8 Å². The average molecular weight is 268 g/mol. The van der Waals surface area contributed by atoms with E-state index in [2.05, 4.69) is 30.8 Å². The second kappa shape index (κ2) is 7.05. The Hall–Kier alpha value is -0.120. The molecule has 2 fully saturated rings. The van der Waals surface area contributed by atoms with Crippen LogP contribution in [0.3, 0.4) is 0 Å². The van der Waals surface area contributed by atoms with Gasteiger partial charge in [-0.15, -0.1) is 0 Å². The van der Waals surface area contributed by atoms with Gasteiger partial charge in [-0.05, 0) is 58.2 Å². The lowest BCUT2D eigenvalue weighted by Crippen LogP contribution is -2.47. The fourth-order valence-electron chi connectivity index (χ4n) is 4.08. The van der Waals surface area contributed by atoms with Crippen molar-refractivity contribution >= 4 is 0 Å². The number of aliphatic hydroxyl groups is 1. The van der Waals surface area contributed by atoms with Crippen LogP contribution in [0.15, 0.2) is 0 Å². The number of rotatable bonds is 5. The molecule has 4 unspecified atom stereocenters. The molecule has 3 heteroatoms. The van der Waals surface area contributed by atoms with Crippen molar-refractivity contribution < 1.29 is 5.11 Å². The highest BCUT2D eigenvalue weighted by atomic mass is 16.3. The first-order valence-corrected chi connectivity index (χ1v) is 8.17. The van der Waals surface area contributed by atoms with Crippen LogP contribution in [0.2, 0.25) is 0 Å². The van der Waals surface area contributed by atoms with Gasteiger partial charge in [0.25, 0.3) is 0 Å². The molecule has 0 radical (unpaired) electrons. The van der Waals surface area contributed by atoms with Crippen LogP contribution in [0.4, 0.5) is 0 Å². The maximum absolute atomic E-state index is 10.3. The molecule has 19 heavy (non-hydrogen) atoms. The molecular weight excluding hydrogens is 236 g/mol. The highest BCUT2D eigenvalue weighted by Crippen LogP contribution is 2.31. The molecule has 0 amide bonds. The standard InChI is InChI=1S/C16H32N2O/c1-4-5-13-6-7-16(19)15(10-13)18(3)12-14-8-9-17(2)11-14/h13-16,19H,4-12H2,1-3H3. The van der Waals surface area contributed by atoms with E-state index >= 15 is 0 Å². The molecule has 2 aliphatic rings. The van der Waals surface area contributed by atoms with Gasteiger partial charge >= 0.3 is 0 Å². The van der Waals surface area contributed by atoms with Crippen molar-refractivity contribution in [2.45, 2.75) is 57.6 Å². The van der Waals surface area contributed by atoms with Crippen molar-refractivity contribution in [2.24, 2.45) is 11.8 Å². The molecular formula is C16H32N2O. The molecule has 2 rings (SSSR count). The zero-order valence-corrected chi connectivity index (χ0v) is 13.0. The monoisotopic (exact) mass is 268 g/mol. The Labute approximate surface area is 119 Å². The van der Waals surface area contributed by atoms with Crippen molar-refractivity contribution in [3.63, 3.8) is 0 Å². The number of likely N-dealkylation sites (N-methyl/N-ethyl adjacent to an activating group) is 1. The van der Waals surface area contributed by atoms with Gasteiger partial charge in [-0.1, -0.05) is 19.8 Å². The van der Waals surface area contributed by atoms with Crippen LogP contribution in [0.25, 0.3) is 0 Å². The lowest BCUT2D eigenvalue weighted by Gasteiger charge is -2.39. The summed E-state index contributed by atoms with van der Waals surface area (Å²) in [5, 5.41) is 10.3. The Kier molecular flexibility index (Phi) is 5.67. The Morgan fingerprint density at radius 2 is 2.00 bits per heavy atom. The second-order valence-corrected chi connectivity index (χ2v) is 6.96. The van der Waals surface area contributed by atoms with E-state index < -0.39 is 0 Å². The third kappa shape index (κ3) is 4.17. The summed E-state index contributed by atoms with van der Waals surface area (Å²) in [6.07, 6.45) is 7.27. The number of nitrogens with zero attached hydrogens (tertiary/aromatic N) is 2. The summed E-state index contributed by atoms with van der Waals surface area (Å²) in [5.74, 6) is 1.64. The van der Waals surface area contributed by atoms with E-state index in [-0.39, 0.29) is 6.10 Å². The Balaban J connectivity index is 1.83. The number of aliphatic hydroxyl groups excluding tert-OH is 1. The van der Waals surface area contributed by atoms with Crippen LogP contribution in [-0.2, 0) is 0 Å². The topological polar surface area (TPSA) is 26.7 Å². The van der Waals surface area contributed by atoms with Crippen LogP contribution in [0, 0.1) is 11.8 Å². The number of hydrogen-bond acceptors (Lipinski definition) is 3. The summed E-state index contributed by atoms with van der Waals surface area (Å²) in [6, 6.07) is 0.399. The first-order chi connectivity index (χ1) is 9.10. The van der Waals surface area contributed by atoms with Gasteiger partial charge in [0.05, 0.1) is 6.10 Å². The highest BCUT2D eigenvalue weighted by molar-refractivity contribution is 4.87. The minimum atomic E-state index is -0.0998. The molecule has 0 aromatic heterocycles. The fourth-order valence-corrected chi connectivity index (χ4v) is 4.08. The summed E-state index contributed by atoms with van der Waals surface area (Å²) in [6.45, 7) is 5.90. The largest absolute Gasteiger partial charge is 0.391 e. The van der Waals surface area contributed by atoms with Crippen molar-refractivity contribution in [3.05, 3.63) is 0 Å². The number of likely N-dealkylation sites (tertiary alicyclic amines) is 1. The zero-order chi connectivity index (χ0) is 13.8. The van der Waals surface area contributed by atoms with Crippen molar-refractivity contribution in [1.82, 2.24) is 9.80 Å². The third-order valence-electron chi connectivity index (χ3n) is 5.19. The maximum atomic E-state index is 10.3. The summed E-state index contributed by atoms with van der Waals surface area (Å²) in [5.41, 5.74) is 0. The zero-order valence-electron chi connectivity index (χ0n) is 13.0. The smallest absolute Gasteiger partial charge is 0.0695 e. The highest BCUT2D eigenvalue weighted by Gasteiger charge is 2.33. The molecule has 0 spiro atoms. The maximum Gasteiger partial charge on any atom is 0.0695 e. The summed E-state index contributed by atoms with van der Waals surface area (Å²) >= 11 is 0. The van der Waals surface area contributed by atoms with E-state index in [1.807, 2.05) is 0 Å². The Bertz CT molecular complexity index is 271. The van der Waals surface area contributed by atoms with Gasteiger partial charge in [-0.25, -0.2) is 0 Å². The van der Waals surface area contributed by atoms with E-state index in [9.17, 15) is 5.11 Å². The lowest BCUT2D eigenvalue weighted by atomic mass is 9.80. The van der Waals surface area contributed by atoms with Crippen molar-refractivity contribution in [2.75, 3.05) is 33.7 Å². The number of hydrogen-bond donors (Lipinski definition) is 1. The van der Waals surface area contributed by atoms with Crippen LogP contribution in [0.5, 0.6) is 0 Å².